The highest BCUT2D eigenvalue weighted by atomic mass is 16.3. The molecule has 0 spiro atoms. The number of aliphatic hydroxyl groups is 4. The van der Waals surface area contributed by atoms with E-state index in [1.807, 2.05) is 0 Å². The number of phenols is 3. The van der Waals surface area contributed by atoms with Crippen molar-refractivity contribution in [2.75, 3.05) is 0 Å². The molecule has 0 radical (unpaired) electrons. The van der Waals surface area contributed by atoms with Gasteiger partial charge >= 0.3 is 0 Å². The lowest BCUT2D eigenvalue weighted by atomic mass is 9.72. The van der Waals surface area contributed by atoms with Crippen molar-refractivity contribution in [1.82, 2.24) is 0 Å². The van der Waals surface area contributed by atoms with Gasteiger partial charge in [-0.15, -0.1) is 0 Å². The lowest BCUT2D eigenvalue weighted by Crippen LogP contribution is -2.36. The Morgan fingerprint density at radius 1 is 0.614 bits per heavy atom. The van der Waals surface area contributed by atoms with Crippen LogP contribution in [0.25, 0.3) is 0 Å². The van der Waals surface area contributed by atoms with Crippen molar-refractivity contribution in [2.24, 2.45) is 10.8 Å². The zero-order valence-corrected chi connectivity index (χ0v) is 25.5. The number of carbonyl (C=O) groups is 5. The van der Waals surface area contributed by atoms with Crippen LogP contribution in [0, 0.1) is 10.8 Å². The fourth-order valence-corrected chi connectivity index (χ4v) is 5.45. The van der Waals surface area contributed by atoms with Crippen molar-refractivity contribution in [3.05, 3.63) is 62.0 Å². The largest absolute Gasteiger partial charge is 0.511 e. The number of aliphatic hydroxyl groups excluding tert-OH is 4. The standard InChI is InChI=1S/C32H36O12/c1-8-9-18(35)21-23(37)14(10-16-25(39)19(12(2)33)29(43)31(4,5)27(16)41)22(36)15(24(21)38)11-17-26(40)20(13(3)34)30(44)32(6,7)28(17)42/h36-42H,8-11H2,1-7H3. The number of hydrogen-bond donors (Lipinski definition) is 7. The van der Waals surface area contributed by atoms with Gasteiger partial charge in [-0.2, -0.15) is 0 Å². The average Bonchev–Trinajstić information content (AvgIpc) is 2.90. The van der Waals surface area contributed by atoms with Crippen LogP contribution in [0.3, 0.4) is 0 Å². The first-order valence-corrected chi connectivity index (χ1v) is 13.8. The van der Waals surface area contributed by atoms with Crippen LogP contribution in [0.1, 0.15) is 82.8 Å². The first-order valence-electron chi connectivity index (χ1n) is 13.8. The van der Waals surface area contributed by atoms with Gasteiger partial charge < -0.3 is 35.7 Å². The topological polar surface area (TPSA) is 227 Å². The van der Waals surface area contributed by atoms with Gasteiger partial charge in [0.1, 0.15) is 57.0 Å². The zero-order valence-electron chi connectivity index (χ0n) is 25.5. The molecule has 1 aromatic carbocycles. The molecular weight excluding hydrogens is 576 g/mol. The van der Waals surface area contributed by atoms with Gasteiger partial charge in [0.05, 0.1) is 10.8 Å². The maximum absolute atomic E-state index is 13.1. The molecule has 0 aromatic heterocycles. The molecule has 12 heteroatoms. The van der Waals surface area contributed by atoms with Crippen molar-refractivity contribution >= 4 is 28.9 Å². The molecule has 1 aromatic rings. The van der Waals surface area contributed by atoms with Crippen LogP contribution >= 0.6 is 0 Å². The van der Waals surface area contributed by atoms with E-state index in [0.717, 1.165) is 13.8 Å². The molecule has 0 bridgehead atoms. The third kappa shape index (κ3) is 5.03. The van der Waals surface area contributed by atoms with Gasteiger partial charge in [0.25, 0.3) is 0 Å². The van der Waals surface area contributed by atoms with Crippen molar-refractivity contribution in [3.63, 3.8) is 0 Å². The number of hydrogen-bond acceptors (Lipinski definition) is 12. The van der Waals surface area contributed by atoms with E-state index in [9.17, 15) is 59.7 Å². The quantitative estimate of drug-likeness (QED) is 0.151. The Balaban J connectivity index is 2.40. The van der Waals surface area contributed by atoms with E-state index in [-0.39, 0.29) is 12.8 Å². The summed E-state index contributed by atoms with van der Waals surface area (Å²) in [4.78, 5) is 63.4. The van der Waals surface area contributed by atoms with E-state index in [1.54, 1.807) is 6.92 Å². The monoisotopic (exact) mass is 612 g/mol. The molecular formula is C32H36O12. The van der Waals surface area contributed by atoms with Gasteiger partial charge in [-0.05, 0) is 48.0 Å². The van der Waals surface area contributed by atoms with E-state index >= 15 is 0 Å². The van der Waals surface area contributed by atoms with Crippen LogP contribution in [-0.4, -0.2) is 64.7 Å². The van der Waals surface area contributed by atoms with Crippen molar-refractivity contribution < 1.29 is 59.7 Å². The molecule has 236 valence electrons. The van der Waals surface area contributed by atoms with Gasteiger partial charge in [-0.25, -0.2) is 0 Å². The molecule has 0 aliphatic heterocycles. The first-order chi connectivity index (χ1) is 20.2. The van der Waals surface area contributed by atoms with Gasteiger partial charge in [-0.1, -0.05) is 6.92 Å². The summed E-state index contributed by atoms with van der Waals surface area (Å²) >= 11 is 0. The van der Waals surface area contributed by atoms with Crippen LogP contribution in [0.2, 0.25) is 0 Å². The smallest absolute Gasteiger partial charge is 0.183 e. The minimum absolute atomic E-state index is 0.172. The lowest BCUT2D eigenvalue weighted by molar-refractivity contribution is -0.128. The van der Waals surface area contributed by atoms with Crippen LogP contribution < -0.4 is 0 Å². The summed E-state index contributed by atoms with van der Waals surface area (Å²) in [6, 6.07) is 0. The third-order valence-electron chi connectivity index (χ3n) is 8.17. The van der Waals surface area contributed by atoms with Crippen molar-refractivity contribution in [1.29, 1.82) is 0 Å². The molecule has 44 heavy (non-hydrogen) atoms. The van der Waals surface area contributed by atoms with Crippen molar-refractivity contribution in [2.45, 2.75) is 74.1 Å². The Kier molecular flexibility index (Phi) is 8.66. The molecule has 3 rings (SSSR count). The Bertz CT molecular complexity index is 1560. The second kappa shape index (κ2) is 11.3. The second-order valence-electron chi connectivity index (χ2n) is 12.0. The number of carbonyl (C=O) groups excluding carboxylic acids is 5. The number of benzene rings is 1. The van der Waals surface area contributed by atoms with E-state index in [0.29, 0.717) is 0 Å². The van der Waals surface area contributed by atoms with Crippen LogP contribution in [0.15, 0.2) is 45.3 Å². The third-order valence-corrected chi connectivity index (χ3v) is 8.17. The average molecular weight is 613 g/mol. The van der Waals surface area contributed by atoms with E-state index in [1.165, 1.54) is 27.7 Å². The van der Waals surface area contributed by atoms with Gasteiger partial charge in [-0.3, -0.25) is 24.0 Å². The molecule has 2 aliphatic carbocycles. The van der Waals surface area contributed by atoms with Crippen molar-refractivity contribution in [3.8, 4) is 17.2 Å². The van der Waals surface area contributed by atoms with E-state index in [2.05, 4.69) is 0 Å². The highest BCUT2D eigenvalue weighted by Crippen LogP contribution is 2.49. The Hall–Kier alpha value is -4.87. The molecule has 0 fully saturated rings. The Morgan fingerprint density at radius 3 is 1.25 bits per heavy atom. The summed E-state index contributed by atoms with van der Waals surface area (Å²) in [5.74, 6) is -10.1. The Labute approximate surface area is 253 Å². The predicted molar refractivity (Wildman–Crippen MR) is 156 cm³/mol. The molecule has 12 nitrogen and oxygen atoms in total. The van der Waals surface area contributed by atoms with Crippen LogP contribution in [0.5, 0.6) is 17.2 Å². The number of rotatable bonds is 9. The van der Waals surface area contributed by atoms with Gasteiger partial charge in [0, 0.05) is 41.5 Å². The molecule has 0 saturated carbocycles. The normalized spacial score (nSPS) is 18.3. The number of ketones is 5. The minimum Gasteiger partial charge on any atom is -0.511 e. The maximum Gasteiger partial charge on any atom is 0.183 e. The number of Topliss-reactive ketones (excluding diaryl/α,β-unsaturated/α-hetero) is 5. The highest BCUT2D eigenvalue weighted by Gasteiger charge is 2.46. The zero-order chi connectivity index (χ0) is 33.8. The predicted octanol–water partition coefficient (Wildman–Crippen LogP) is 4.52. The fraction of sp³-hybridized carbons (Fsp3) is 0.406. The number of allylic oxidation sites excluding steroid dienone is 6. The molecule has 0 heterocycles. The van der Waals surface area contributed by atoms with Crippen LogP contribution in [0.4, 0.5) is 0 Å². The summed E-state index contributed by atoms with van der Waals surface area (Å²) in [6.07, 6.45) is -1.39. The fourth-order valence-electron chi connectivity index (χ4n) is 5.45. The first kappa shape index (κ1) is 33.6. The molecule has 0 amide bonds. The maximum atomic E-state index is 13.1. The van der Waals surface area contributed by atoms with Gasteiger partial charge in [0.2, 0.25) is 0 Å². The van der Waals surface area contributed by atoms with E-state index < -0.39 is 132 Å². The summed E-state index contributed by atoms with van der Waals surface area (Å²) in [7, 11) is 0. The summed E-state index contributed by atoms with van der Waals surface area (Å²) < 4.78 is 0. The van der Waals surface area contributed by atoms with E-state index in [4.69, 9.17) is 0 Å². The Morgan fingerprint density at radius 2 is 0.955 bits per heavy atom. The number of aromatic hydroxyl groups is 3. The SMILES string of the molecule is CCCC(=O)c1c(O)c(CC2=C(O)C(C)(C)C(=O)C(C(C)=O)=C2O)c(O)c(CC2=C(O)C(C)(C)C(=O)C(C(C)=O)=C2O)c1O. The minimum atomic E-state index is -1.70. The lowest BCUT2D eigenvalue weighted by Gasteiger charge is -2.31. The molecule has 0 unspecified atom stereocenters. The molecule has 2 aliphatic rings. The summed E-state index contributed by atoms with van der Waals surface area (Å²) in [5.41, 5.74) is -7.20. The number of phenolic OH excluding ortho intramolecular Hbond substituents is 3. The van der Waals surface area contributed by atoms with Crippen LogP contribution in [-0.2, 0) is 32.0 Å². The summed E-state index contributed by atoms with van der Waals surface area (Å²) in [5, 5.41) is 77.6. The summed E-state index contributed by atoms with van der Waals surface area (Å²) in [6.45, 7) is 8.88. The molecule has 0 saturated heterocycles. The molecule has 7 N–H and O–H groups in total. The molecule has 0 atom stereocenters. The second-order valence-corrected chi connectivity index (χ2v) is 12.0. The van der Waals surface area contributed by atoms with Gasteiger partial charge in [0.15, 0.2) is 28.9 Å². The highest BCUT2D eigenvalue weighted by molar-refractivity contribution is 6.24.